The third-order valence-electron chi connectivity index (χ3n) is 5.20. The number of piperidine rings is 1. The molecule has 1 aliphatic heterocycles. The van der Waals surface area contributed by atoms with E-state index in [9.17, 15) is 4.79 Å². The van der Waals surface area contributed by atoms with Gasteiger partial charge in [-0.2, -0.15) is 0 Å². The van der Waals surface area contributed by atoms with Crippen LogP contribution in [0.4, 0.5) is 11.4 Å². The molecule has 134 valence electrons. The Bertz CT molecular complexity index is 930. The first-order valence-corrected chi connectivity index (χ1v) is 9.76. The molecule has 1 fully saturated rings. The Balaban J connectivity index is 1.53. The number of nitrogens with two attached hydrogens (primary N) is 2. The lowest BCUT2D eigenvalue weighted by Gasteiger charge is -2.33. The van der Waals surface area contributed by atoms with E-state index < -0.39 is 5.91 Å². The van der Waals surface area contributed by atoms with E-state index in [1.165, 1.54) is 16.9 Å². The predicted molar refractivity (Wildman–Crippen MR) is 106 cm³/mol. The fraction of sp³-hybridized carbons (Fsp3) is 0.300. The summed E-state index contributed by atoms with van der Waals surface area (Å²) >= 11 is 1.33. The van der Waals surface area contributed by atoms with Gasteiger partial charge in [0.2, 0.25) is 0 Å². The number of carbonyl (C=O) groups is 1. The SMILES string of the molecule is NC(=O)c1sc2[nH+]ccc(N3CCC(Cc4ccccc4)CC3)c2c1N. The van der Waals surface area contributed by atoms with E-state index >= 15 is 0 Å². The number of thiophene rings is 1. The van der Waals surface area contributed by atoms with Crippen molar-refractivity contribution >= 4 is 38.8 Å². The van der Waals surface area contributed by atoms with Crippen LogP contribution in [0, 0.1) is 5.92 Å². The van der Waals surface area contributed by atoms with Gasteiger partial charge in [0.05, 0.1) is 11.4 Å². The van der Waals surface area contributed by atoms with E-state index in [4.69, 9.17) is 11.5 Å². The molecule has 1 aliphatic rings. The van der Waals surface area contributed by atoms with Gasteiger partial charge in [0.25, 0.3) is 10.7 Å². The number of rotatable bonds is 4. The smallest absolute Gasteiger partial charge is 0.272 e. The van der Waals surface area contributed by atoms with Crippen molar-refractivity contribution < 1.29 is 9.78 Å². The molecule has 0 atom stereocenters. The van der Waals surface area contributed by atoms with Gasteiger partial charge < -0.3 is 16.4 Å². The highest BCUT2D eigenvalue weighted by Gasteiger charge is 2.26. The van der Waals surface area contributed by atoms with Crippen LogP contribution in [0.1, 0.15) is 28.1 Å². The molecule has 0 aliphatic carbocycles. The number of carbonyl (C=O) groups excluding carboxylic acids is 1. The number of nitrogens with one attached hydrogen (secondary N) is 1. The molecule has 0 saturated carbocycles. The normalized spacial score (nSPS) is 15.5. The number of aromatic nitrogens is 1. The number of fused-ring (bicyclic) bond motifs is 1. The summed E-state index contributed by atoms with van der Waals surface area (Å²) in [5, 5.41) is 0.924. The average Bonchev–Trinajstić information content (AvgIpc) is 3.01. The summed E-state index contributed by atoms with van der Waals surface area (Å²) < 4.78 is 0. The van der Waals surface area contributed by atoms with Gasteiger partial charge in [-0.25, -0.2) is 4.98 Å². The van der Waals surface area contributed by atoms with Gasteiger partial charge >= 0.3 is 0 Å². The van der Waals surface area contributed by atoms with Crippen LogP contribution in [0.3, 0.4) is 0 Å². The number of anilines is 2. The molecule has 2 aromatic heterocycles. The van der Waals surface area contributed by atoms with Gasteiger partial charge in [0.1, 0.15) is 10.3 Å². The number of aromatic amines is 1. The zero-order valence-electron chi connectivity index (χ0n) is 14.6. The number of primary amides is 1. The fourth-order valence-corrected chi connectivity index (χ4v) is 4.81. The van der Waals surface area contributed by atoms with E-state index in [-0.39, 0.29) is 0 Å². The third kappa shape index (κ3) is 3.12. The topological polar surface area (TPSA) is 86.5 Å². The van der Waals surface area contributed by atoms with Crippen molar-refractivity contribution in [2.24, 2.45) is 11.7 Å². The van der Waals surface area contributed by atoms with Crippen LogP contribution >= 0.6 is 11.3 Å². The maximum absolute atomic E-state index is 11.6. The third-order valence-corrected chi connectivity index (χ3v) is 6.35. The zero-order chi connectivity index (χ0) is 18.1. The van der Waals surface area contributed by atoms with Gasteiger partial charge in [-0.3, -0.25) is 4.79 Å². The fourth-order valence-electron chi connectivity index (χ4n) is 3.85. The highest BCUT2D eigenvalue weighted by molar-refractivity contribution is 7.20. The number of pyridine rings is 1. The molecule has 5 nitrogen and oxygen atoms in total. The summed E-state index contributed by atoms with van der Waals surface area (Å²) in [5.74, 6) is 0.241. The van der Waals surface area contributed by atoms with Crippen molar-refractivity contribution in [1.29, 1.82) is 0 Å². The minimum Gasteiger partial charge on any atom is -0.397 e. The minimum atomic E-state index is -0.468. The average molecular weight is 367 g/mol. The molecule has 1 amide bonds. The molecule has 6 heteroatoms. The quantitative estimate of drug-likeness (QED) is 0.743. The molecule has 3 aromatic rings. The molecule has 4 rings (SSSR count). The molecule has 0 radical (unpaired) electrons. The van der Waals surface area contributed by atoms with Crippen LogP contribution in [-0.2, 0) is 6.42 Å². The van der Waals surface area contributed by atoms with Crippen LogP contribution in [0.25, 0.3) is 10.2 Å². The minimum absolute atomic E-state index is 0.433. The first kappa shape index (κ1) is 16.8. The molecule has 1 saturated heterocycles. The maximum atomic E-state index is 11.6. The van der Waals surface area contributed by atoms with Crippen molar-refractivity contribution in [3.63, 3.8) is 0 Å². The van der Waals surface area contributed by atoms with Crippen LogP contribution < -0.4 is 21.4 Å². The molecule has 0 spiro atoms. The molecular weight excluding hydrogens is 344 g/mol. The largest absolute Gasteiger partial charge is 0.397 e. The summed E-state index contributed by atoms with van der Waals surface area (Å²) in [6.45, 7) is 2.00. The Morgan fingerprint density at radius 3 is 2.62 bits per heavy atom. The monoisotopic (exact) mass is 367 g/mol. The summed E-state index contributed by atoms with van der Waals surface area (Å²) in [6.07, 6.45) is 5.36. The van der Waals surface area contributed by atoms with Crippen LogP contribution in [0.15, 0.2) is 42.6 Å². The molecule has 1 aromatic carbocycles. The maximum Gasteiger partial charge on any atom is 0.272 e. The van der Waals surface area contributed by atoms with Gasteiger partial charge in [0.15, 0.2) is 6.20 Å². The first-order valence-electron chi connectivity index (χ1n) is 8.95. The van der Waals surface area contributed by atoms with Gasteiger partial charge in [-0.15, -0.1) is 0 Å². The Labute approximate surface area is 156 Å². The number of nitrogen functional groups attached to an aromatic ring is 1. The van der Waals surface area contributed by atoms with E-state index in [1.807, 2.05) is 12.3 Å². The number of nitrogens with zero attached hydrogens (tertiary/aromatic N) is 1. The molecular formula is C20H23N4OS+. The number of amides is 1. The first-order chi connectivity index (χ1) is 12.6. The summed E-state index contributed by atoms with van der Waals surface area (Å²) in [7, 11) is 0. The molecule has 26 heavy (non-hydrogen) atoms. The Hall–Kier alpha value is -2.60. The number of benzene rings is 1. The molecule has 3 heterocycles. The molecule has 0 bridgehead atoms. The standard InChI is InChI=1S/C20H22N4OS/c21-17-16-15(6-9-23-20(16)26-18(17)19(22)25)24-10-7-14(8-11-24)12-13-4-2-1-3-5-13/h1-6,9,14H,7-8,10-12,21H2,(H2,22,25)/p+1. The van der Waals surface area contributed by atoms with E-state index in [0.29, 0.717) is 16.5 Å². The Morgan fingerprint density at radius 2 is 1.92 bits per heavy atom. The highest BCUT2D eigenvalue weighted by atomic mass is 32.1. The Morgan fingerprint density at radius 1 is 1.19 bits per heavy atom. The lowest BCUT2D eigenvalue weighted by atomic mass is 9.90. The summed E-state index contributed by atoms with van der Waals surface area (Å²) in [6, 6.07) is 12.7. The van der Waals surface area contributed by atoms with Crippen molar-refractivity contribution in [3.8, 4) is 0 Å². The van der Waals surface area contributed by atoms with Crippen LogP contribution in [0.5, 0.6) is 0 Å². The van der Waals surface area contributed by atoms with Gasteiger partial charge in [-0.1, -0.05) is 41.7 Å². The van der Waals surface area contributed by atoms with E-state index in [2.05, 4.69) is 40.2 Å². The lowest BCUT2D eigenvalue weighted by molar-refractivity contribution is -0.341. The van der Waals surface area contributed by atoms with Crippen LogP contribution in [0.2, 0.25) is 0 Å². The second-order valence-electron chi connectivity index (χ2n) is 6.90. The van der Waals surface area contributed by atoms with Crippen molar-refractivity contribution in [3.05, 3.63) is 53.0 Å². The number of hydrogen-bond acceptors (Lipinski definition) is 4. The van der Waals surface area contributed by atoms with Crippen molar-refractivity contribution in [1.82, 2.24) is 0 Å². The highest BCUT2D eigenvalue weighted by Crippen LogP contribution is 2.38. The second kappa shape index (κ2) is 6.96. The molecule has 5 N–H and O–H groups in total. The summed E-state index contributed by atoms with van der Waals surface area (Å²) in [5.41, 5.74) is 14.7. The number of hydrogen-bond donors (Lipinski definition) is 2. The van der Waals surface area contributed by atoms with Crippen LogP contribution in [-0.4, -0.2) is 19.0 Å². The lowest BCUT2D eigenvalue weighted by Crippen LogP contribution is -2.34. The second-order valence-corrected chi connectivity index (χ2v) is 7.92. The summed E-state index contributed by atoms with van der Waals surface area (Å²) in [4.78, 5) is 18.5. The van der Waals surface area contributed by atoms with Crippen molar-refractivity contribution in [2.75, 3.05) is 23.7 Å². The van der Waals surface area contributed by atoms with Crippen molar-refractivity contribution in [2.45, 2.75) is 19.3 Å². The predicted octanol–water partition coefficient (Wildman–Crippen LogP) is 2.86. The zero-order valence-corrected chi connectivity index (χ0v) is 15.4. The van der Waals surface area contributed by atoms with Gasteiger partial charge in [0, 0.05) is 19.2 Å². The van der Waals surface area contributed by atoms with Gasteiger partial charge in [-0.05, 0) is 30.7 Å². The number of H-pyrrole nitrogens is 1. The Kier molecular flexibility index (Phi) is 4.51. The molecule has 0 unspecified atom stereocenters. The van der Waals surface area contributed by atoms with E-state index in [1.54, 1.807) is 0 Å². The van der Waals surface area contributed by atoms with E-state index in [0.717, 1.165) is 48.3 Å².